The van der Waals surface area contributed by atoms with Crippen LogP contribution in [-0.4, -0.2) is 11.0 Å². The van der Waals surface area contributed by atoms with Crippen LogP contribution in [0.1, 0.15) is 16.7 Å². The molecule has 1 heterocycles. The van der Waals surface area contributed by atoms with E-state index in [2.05, 4.69) is 15.6 Å². The topological polar surface area (TPSA) is 54.0 Å². The van der Waals surface area contributed by atoms with Gasteiger partial charge in [0.25, 0.3) is 0 Å². The minimum absolute atomic E-state index is 0.176. The fourth-order valence-corrected chi connectivity index (χ4v) is 1.74. The van der Waals surface area contributed by atoms with Crippen molar-refractivity contribution in [2.75, 3.05) is 0 Å². The highest BCUT2D eigenvalue weighted by atomic mass is 16.2. The van der Waals surface area contributed by atoms with Crippen LogP contribution in [0, 0.1) is 6.92 Å². The molecule has 0 spiro atoms. The Morgan fingerprint density at radius 3 is 2.42 bits per heavy atom. The van der Waals surface area contributed by atoms with Crippen molar-refractivity contribution in [3.05, 3.63) is 65.5 Å². The molecule has 0 radical (unpaired) electrons. The maximum absolute atomic E-state index is 11.6. The third-order valence-corrected chi connectivity index (χ3v) is 2.68. The molecule has 4 heteroatoms. The summed E-state index contributed by atoms with van der Waals surface area (Å²) in [6.07, 6.45) is 3.55. The van der Waals surface area contributed by atoms with Gasteiger partial charge in [0, 0.05) is 25.5 Å². The van der Waals surface area contributed by atoms with Crippen LogP contribution in [0.4, 0.5) is 4.79 Å². The number of carbonyl (C=O) groups is 1. The first-order valence-electron chi connectivity index (χ1n) is 6.20. The lowest BCUT2D eigenvalue weighted by Gasteiger charge is -2.08. The standard InChI is InChI=1S/C15H17N3O/c1-12-7-14(9-16-8-12)11-18-15(19)17-10-13-5-3-2-4-6-13/h2-9H,10-11H2,1H3,(H2,17,18,19). The highest BCUT2D eigenvalue weighted by Crippen LogP contribution is 2.00. The first-order chi connectivity index (χ1) is 9.24. The van der Waals surface area contributed by atoms with Gasteiger partial charge in [0.15, 0.2) is 0 Å². The molecule has 2 amide bonds. The van der Waals surface area contributed by atoms with Gasteiger partial charge >= 0.3 is 6.03 Å². The number of nitrogens with one attached hydrogen (secondary N) is 2. The highest BCUT2D eigenvalue weighted by Gasteiger charge is 2.00. The Morgan fingerprint density at radius 2 is 1.74 bits per heavy atom. The van der Waals surface area contributed by atoms with Crippen molar-refractivity contribution in [1.29, 1.82) is 0 Å². The van der Waals surface area contributed by atoms with E-state index in [1.54, 1.807) is 12.4 Å². The number of amides is 2. The number of urea groups is 1. The number of aromatic nitrogens is 1. The monoisotopic (exact) mass is 255 g/mol. The van der Waals surface area contributed by atoms with Crippen molar-refractivity contribution in [2.45, 2.75) is 20.0 Å². The number of hydrogen-bond donors (Lipinski definition) is 2. The molecule has 0 unspecified atom stereocenters. The zero-order valence-electron chi connectivity index (χ0n) is 10.9. The summed E-state index contributed by atoms with van der Waals surface area (Å²) in [7, 11) is 0. The molecule has 1 aromatic heterocycles. The molecular formula is C15H17N3O. The summed E-state index contributed by atoms with van der Waals surface area (Å²) in [5, 5.41) is 5.62. The Bertz CT molecular complexity index is 540. The number of nitrogens with zero attached hydrogens (tertiary/aromatic N) is 1. The quantitative estimate of drug-likeness (QED) is 0.881. The van der Waals surface area contributed by atoms with Gasteiger partial charge in [0.05, 0.1) is 0 Å². The van der Waals surface area contributed by atoms with E-state index in [0.29, 0.717) is 13.1 Å². The Hall–Kier alpha value is -2.36. The van der Waals surface area contributed by atoms with Crippen LogP contribution in [0.3, 0.4) is 0 Å². The molecule has 0 saturated heterocycles. The SMILES string of the molecule is Cc1cncc(CNC(=O)NCc2ccccc2)c1. The van der Waals surface area contributed by atoms with Crippen LogP contribution in [0.5, 0.6) is 0 Å². The van der Waals surface area contributed by atoms with Crippen LogP contribution in [0.15, 0.2) is 48.8 Å². The summed E-state index contributed by atoms with van der Waals surface area (Å²) < 4.78 is 0. The molecule has 0 aliphatic carbocycles. The van der Waals surface area contributed by atoms with Crippen molar-refractivity contribution in [3.8, 4) is 0 Å². The van der Waals surface area contributed by atoms with Crippen LogP contribution < -0.4 is 10.6 Å². The summed E-state index contributed by atoms with van der Waals surface area (Å²) in [6.45, 7) is 2.99. The second-order valence-electron chi connectivity index (χ2n) is 4.39. The lowest BCUT2D eigenvalue weighted by Crippen LogP contribution is -2.34. The summed E-state index contributed by atoms with van der Waals surface area (Å²) >= 11 is 0. The zero-order valence-corrected chi connectivity index (χ0v) is 10.9. The van der Waals surface area contributed by atoms with E-state index in [1.165, 1.54) is 0 Å². The largest absolute Gasteiger partial charge is 0.334 e. The van der Waals surface area contributed by atoms with Crippen molar-refractivity contribution >= 4 is 6.03 Å². The first-order valence-corrected chi connectivity index (χ1v) is 6.20. The molecule has 1 aromatic carbocycles. The number of rotatable bonds is 4. The smallest absolute Gasteiger partial charge is 0.315 e. The van der Waals surface area contributed by atoms with Crippen LogP contribution in [0.2, 0.25) is 0 Å². The van der Waals surface area contributed by atoms with E-state index in [-0.39, 0.29) is 6.03 Å². The normalized spacial score (nSPS) is 9.95. The van der Waals surface area contributed by atoms with E-state index >= 15 is 0 Å². The molecule has 98 valence electrons. The first kappa shape index (κ1) is 13.1. The zero-order chi connectivity index (χ0) is 13.5. The fraction of sp³-hybridized carbons (Fsp3) is 0.200. The molecule has 0 aliphatic rings. The lowest BCUT2D eigenvalue weighted by atomic mass is 10.2. The maximum Gasteiger partial charge on any atom is 0.315 e. The van der Waals surface area contributed by atoms with Gasteiger partial charge in [-0.1, -0.05) is 36.4 Å². The van der Waals surface area contributed by atoms with E-state index in [0.717, 1.165) is 16.7 Å². The molecule has 0 fully saturated rings. The molecule has 0 bridgehead atoms. The van der Waals surface area contributed by atoms with Gasteiger partial charge in [0.1, 0.15) is 0 Å². The average molecular weight is 255 g/mol. The van der Waals surface area contributed by atoms with Crippen molar-refractivity contribution in [3.63, 3.8) is 0 Å². The maximum atomic E-state index is 11.6. The summed E-state index contributed by atoms with van der Waals surface area (Å²) in [6, 6.07) is 11.6. The summed E-state index contributed by atoms with van der Waals surface area (Å²) in [4.78, 5) is 15.7. The van der Waals surface area contributed by atoms with Crippen LogP contribution >= 0.6 is 0 Å². The van der Waals surface area contributed by atoms with E-state index in [4.69, 9.17) is 0 Å². The third kappa shape index (κ3) is 4.43. The second-order valence-corrected chi connectivity index (χ2v) is 4.39. The average Bonchev–Trinajstić information content (AvgIpc) is 2.44. The molecular weight excluding hydrogens is 238 g/mol. The highest BCUT2D eigenvalue weighted by molar-refractivity contribution is 5.73. The van der Waals surface area contributed by atoms with Gasteiger partial charge in [-0.15, -0.1) is 0 Å². The van der Waals surface area contributed by atoms with Gasteiger partial charge < -0.3 is 10.6 Å². The molecule has 2 rings (SSSR count). The minimum atomic E-state index is -0.176. The number of aryl methyl sites for hydroxylation is 1. The molecule has 0 saturated carbocycles. The fourth-order valence-electron chi connectivity index (χ4n) is 1.74. The lowest BCUT2D eigenvalue weighted by molar-refractivity contribution is 0.240. The third-order valence-electron chi connectivity index (χ3n) is 2.68. The predicted octanol–water partition coefficient (Wildman–Crippen LogP) is 2.39. The molecule has 0 aliphatic heterocycles. The van der Waals surface area contributed by atoms with Crippen molar-refractivity contribution in [1.82, 2.24) is 15.6 Å². The van der Waals surface area contributed by atoms with Crippen molar-refractivity contribution < 1.29 is 4.79 Å². The van der Waals surface area contributed by atoms with Gasteiger partial charge in [-0.3, -0.25) is 4.98 Å². The van der Waals surface area contributed by atoms with E-state index in [1.807, 2.05) is 43.3 Å². The van der Waals surface area contributed by atoms with Crippen molar-refractivity contribution in [2.24, 2.45) is 0 Å². The number of carbonyl (C=O) groups excluding carboxylic acids is 1. The molecule has 4 nitrogen and oxygen atoms in total. The molecule has 2 aromatic rings. The number of benzene rings is 1. The van der Waals surface area contributed by atoms with Gasteiger partial charge in [-0.05, 0) is 23.6 Å². The number of pyridine rings is 1. The second kappa shape index (κ2) is 6.54. The Kier molecular flexibility index (Phi) is 4.50. The Balaban J connectivity index is 1.76. The van der Waals surface area contributed by atoms with Gasteiger partial charge in [0.2, 0.25) is 0 Å². The van der Waals surface area contributed by atoms with Gasteiger partial charge in [-0.2, -0.15) is 0 Å². The number of hydrogen-bond acceptors (Lipinski definition) is 2. The Morgan fingerprint density at radius 1 is 1.05 bits per heavy atom. The minimum Gasteiger partial charge on any atom is -0.334 e. The molecule has 19 heavy (non-hydrogen) atoms. The Labute approximate surface area is 112 Å². The summed E-state index contributed by atoms with van der Waals surface area (Å²) in [5.74, 6) is 0. The van der Waals surface area contributed by atoms with Crippen LogP contribution in [-0.2, 0) is 13.1 Å². The van der Waals surface area contributed by atoms with E-state index in [9.17, 15) is 4.79 Å². The summed E-state index contributed by atoms with van der Waals surface area (Å²) in [5.41, 5.74) is 3.16. The van der Waals surface area contributed by atoms with E-state index < -0.39 is 0 Å². The predicted molar refractivity (Wildman–Crippen MR) is 74.5 cm³/mol. The molecule has 2 N–H and O–H groups in total. The molecule has 0 atom stereocenters. The van der Waals surface area contributed by atoms with Gasteiger partial charge in [-0.25, -0.2) is 4.79 Å². The van der Waals surface area contributed by atoms with Crippen LogP contribution in [0.25, 0.3) is 0 Å².